The Morgan fingerprint density at radius 1 is 1.06 bits per heavy atom. The van der Waals surface area contributed by atoms with E-state index in [1.165, 1.54) is 0 Å². The van der Waals surface area contributed by atoms with Crippen LogP contribution in [0.5, 0.6) is 11.6 Å². The maximum Gasteiger partial charge on any atom is 0.227 e. The summed E-state index contributed by atoms with van der Waals surface area (Å²) in [6.07, 6.45) is 4.46. The number of aromatic nitrogens is 2. The molecule has 0 radical (unpaired) electrons. The second kappa shape index (κ2) is 11.5. The average molecular weight is 458 g/mol. The van der Waals surface area contributed by atoms with Crippen molar-refractivity contribution in [3.05, 3.63) is 109 Å². The van der Waals surface area contributed by atoms with Gasteiger partial charge in [0.2, 0.25) is 5.88 Å². The summed E-state index contributed by atoms with van der Waals surface area (Å²) in [7, 11) is 0. The molecule has 0 bridgehead atoms. The van der Waals surface area contributed by atoms with E-state index >= 15 is 0 Å². The first kappa shape index (κ1) is 23.5. The molecule has 4 rings (SSSR count). The largest absolute Gasteiger partial charge is 0.468 e. The van der Waals surface area contributed by atoms with Crippen molar-refractivity contribution in [1.82, 2.24) is 14.7 Å². The molecular weight excluding hydrogens is 426 g/mol. The second-order valence-electron chi connectivity index (χ2n) is 8.30. The van der Waals surface area contributed by atoms with Gasteiger partial charge in [-0.05, 0) is 56.2 Å². The minimum absolute atomic E-state index is 0.476. The molecule has 0 aliphatic carbocycles. The molecule has 2 heterocycles. The molecule has 2 aromatic heterocycles. The number of allylic oxidation sites excluding steroid dienone is 1. The molecular formula is C28H31N3O3. The van der Waals surface area contributed by atoms with Crippen LogP contribution in [0.1, 0.15) is 29.9 Å². The molecule has 2 aromatic carbocycles. The summed E-state index contributed by atoms with van der Waals surface area (Å²) in [4.78, 5) is 2.17. The van der Waals surface area contributed by atoms with E-state index in [0.29, 0.717) is 31.9 Å². The second-order valence-corrected chi connectivity index (χ2v) is 8.30. The summed E-state index contributed by atoms with van der Waals surface area (Å²) in [6.45, 7) is 7.37. The third-order valence-electron chi connectivity index (χ3n) is 5.61. The molecule has 0 saturated carbocycles. The number of hydrogen-bond donors (Lipinski definition) is 1. The smallest absolute Gasteiger partial charge is 0.227 e. The summed E-state index contributed by atoms with van der Waals surface area (Å²) in [5.74, 6) is 2.25. The Kier molecular flexibility index (Phi) is 7.96. The van der Waals surface area contributed by atoms with Gasteiger partial charge >= 0.3 is 0 Å². The van der Waals surface area contributed by atoms with Crippen molar-refractivity contribution >= 4 is 0 Å². The Balaban J connectivity index is 1.68. The number of ether oxygens (including phenoxy) is 1. The Hall–Kier alpha value is -3.61. The van der Waals surface area contributed by atoms with E-state index < -0.39 is 6.10 Å². The van der Waals surface area contributed by atoms with Crippen LogP contribution in [0.2, 0.25) is 0 Å². The van der Waals surface area contributed by atoms with Gasteiger partial charge in [0.1, 0.15) is 11.5 Å². The molecule has 1 atom stereocenters. The maximum absolute atomic E-state index is 10.6. The first-order valence-corrected chi connectivity index (χ1v) is 11.5. The zero-order valence-electron chi connectivity index (χ0n) is 19.5. The van der Waals surface area contributed by atoms with Crippen molar-refractivity contribution in [2.24, 2.45) is 0 Å². The highest BCUT2D eigenvalue weighted by Gasteiger charge is 2.23. The van der Waals surface area contributed by atoms with Crippen molar-refractivity contribution in [1.29, 1.82) is 0 Å². The van der Waals surface area contributed by atoms with Crippen LogP contribution in [0, 0.1) is 6.92 Å². The first-order chi connectivity index (χ1) is 16.6. The molecule has 4 aromatic rings. The van der Waals surface area contributed by atoms with Crippen LogP contribution in [0.3, 0.4) is 0 Å². The molecule has 0 aliphatic rings. The number of furan rings is 1. The van der Waals surface area contributed by atoms with Crippen molar-refractivity contribution in [2.75, 3.05) is 6.54 Å². The zero-order chi connectivity index (χ0) is 23.8. The van der Waals surface area contributed by atoms with E-state index in [4.69, 9.17) is 14.3 Å². The minimum atomic E-state index is -0.476. The first-order valence-electron chi connectivity index (χ1n) is 11.5. The number of para-hydroxylation sites is 2. The topological polar surface area (TPSA) is 63.7 Å². The molecule has 1 N–H and O–H groups in total. The summed E-state index contributed by atoms with van der Waals surface area (Å²) < 4.78 is 13.8. The minimum Gasteiger partial charge on any atom is -0.468 e. The lowest BCUT2D eigenvalue weighted by Gasteiger charge is -2.24. The van der Waals surface area contributed by atoms with Gasteiger partial charge in [-0.2, -0.15) is 5.10 Å². The molecule has 34 heavy (non-hydrogen) atoms. The molecule has 0 fully saturated rings. The van der Waals surface area contributed by atoms with E-state index in [1.54, 1.807) is 6.26 Å². The molecule has 6 heteroatoms. The number of hydrogen-bond acceptors (Lipinski definition) is 5. The third kappa shape index (κ3) is 6.04. The number of aliphatic hydroxyl groups is 1. The molecule has 0 spiro atoms. The quantitative estimate of drug-likeness (QED) is 0.269. The average Bonchev–Trinajstić information content (AvgIpc) is 3.47. The van der Waals surface area contributed by atoms with Crippen LogP contribution in [0.15, 0.2) is 96.1 Å². The summed E-state index contributed by atoms with van der Waals surface area (Å²) in [6, 6.07) is 23.5. The SMILES string of the molecule is C=CCC[C@H](O)CN(Cc1ccco1)Cc1c(C)nn(-c2ccccc2)c1Oc1ccccc1. The predicted molar refractivity (Wildman–Crippen MR) is 133 cm³/mol. The Morgan fingerprint density at radius 3 is 2.47 bits per heavy atom. The number of aryl methyl sites for hydroxylation is 1. The fraction of sp³-hybridized carbons (Fsp3) is 0.250. The molecule has 0 saturated heterocycles. The van der Waals surface area contributed by atoms with Crippen LogP contribution in [-0.4, -0.2) is 32.4 Å². The van der Waals surface area contributed by atoms with Gasteiger partial charge < -0.3 is 14.3 Å². The summed E-state index contributed by atoms with van der Waals surface area (Å²) in [5.41, 5.74) is 2.77. The lowest BCUT2D eigenvalue weighted by atomic mass is 10.1. The van der Waals surface area contributed by atoms with E-state index in [0.717, 1.165) is 34.9 Å². The molecule has 0 aliphatic heterocycles. The monoisotopic (exact) mass is 457 g/mol. The van der Waals surface area contributed by atoms with E-state index in [9.17, 15) is 5.11 Å². The molecule has 0 unspecified atom stereocenters. The van der Waals surface area contributed by atoms with Crippen molar-refractivity contribution < 1.29 is 14.3 Å². The van der Waals surface area contributed by atoms with Gasteiger partial charge in [0, 0.05) is 13.1 Å². The van der Waals surface area contributed by atoms with Crippen LogP contribution < -0.4 is 4.74 Å². The highest BCUT2D eigenvalue weighted by atomic mass is 16.5. The zero-order valence-corrected chi connectivity index (χ0v) is 19.5. The van der Waals surface area contributed by atoms with Crippen molar-refractivity contribution in [2.45, 2.75) is 39.0 Å². The Bertz CT molecular complexity index is 1150. The van der Waals surface area contributed by atoms with Crippen molar-refractivity contribution in [3.8, 4) is 17.3 Å². The van der Waals surface area contributed by atoms with Crippen LogP contribution in [-0.2, 0) is 13.1 Å². The Labute approximate surface area is 200 Å². The lowest BCUT2D eigenvalue weighted by Crippen LogP contribution is -2.32. The molecule has 0 amide bonds. The third-order valence-corrected chi connectivity index (χ3v) is 5.61. The lowest BCUT2D eigenvalue weighted by molar-refractivity contribution is 0.0939. The number of aliphatic hydroxyl groups excluding tert-OH is 1. The van der Waals surface area contributed by atoms with Crippen LogP contribution in [0.25, 0.3) is 5.69 Å². The maximum atomic E-state index is 10.6. The fourth-order valence-electron chi connectivity index (χ4n) is 3.90. The number of rotatable bonds is 12. The highest BCUT2D eigenvalue weighted by Crippen LogP contribution is 2.32. The predicted octanol–water partition coefficient (Wildman–Crippen LogP) is 5.90. The van der Waals surface area contributed by atoms with E-state index in [2.05, 4.69) is 11.5 Å². The highest BCUT2D eigenvalue weighted by molar-refractivity contribution is 5.43. The standard InChI is InChI=1S/C28H31N3O3/c1-3-4-14-24(32)19-30(20-26-17-11-18-33-26)21-27-22(2)29-31(23-12-7-5-8-13-23)28(27)34-25-15-9-6-10-16-25/h3,5-13,15-18,24,32H,1,4,14,19-21H2,2H3/t24-/m0/s1. The van der Waals surface area contributed by atoms with Gasteiger partial charge in [0.05, 0.1) is 35.9 Å². The van der Waals surface area contributed by atoms with Gasteiger partial charge in [0.15, 0.2) is 0 Å². The van der Waals surface area contributed by atoms with Crippen molar-refractivity contribution in [3.63, 3.8) is 0 Å². The van der Waals surface area contributed by atoms with E-state index in [-0.39, 0.29) is 0 Å². The van der Waals surface area contributed by atoms with Gasteiger partial charge in [-0.15, -0.1) is 6.58 Å². The van der Waals surface area contributed by atoms with Crippen LogP contribution >= 0.6 is 0 Å². The van der Waals surface area contributed by atoms with Gasteiger partial charge in [0.25, 0.3) is 0 Å². The molecule has 176 valence electrons. The van der Waals surface area contributed by atoms with Crippen LogP contribution in [0.4, 0.5) is 0 Å². The van der Waals surface area contributed by atoms with Gasteiger partial charge in [-0.3, -0.25) is 4.90 Å². The number of nitrogens with zero attached hydrogens (tertiary/aromatic N) is 3. The Morgan fingerprint density at radius 2 is 1.79 bits per heavy atom. The normalized spacial score (nSPS) is 12.1. The number of benzene rings is 2. The van der Waals surface area contributed by atoms with Gasteiger partial charge in [-0.1, -0.05) is 42.5 Å². The summed E-state index contributed by atoms with van der Waals surface area (Å²) >= 11 is 0. The fourth-order valence-corrected chi connectivity index (χ4v) is 3.90. The summed E-state index contributed by atoms with van der Waals surface area (Å²) in [5, 5.41) is 15.5. The van der Waals surface area contributed by atoms with Gasteiger partial charge in [-0.25, -0.2) is 4.68 Å². The van der Waals surface area contributed by atoms with E-state index in [1.807, 2.05) is 90.5 Å². The molecule has 6 nitrogen and oxygen atoms in total.